The molecule has 1 saturated carbocycles. The van der Waals surface area contributed by atoms with Crippen LogP contribution < -0.4 is 9.64 Å². The largest absolute Gasteiger partial charge is 0.461 e. The fourth-order valence-electron chi connectivity index (χ4n) is 5.61. The highest BCUT2D eigenvalue weighted by Crippen LogP contribution is 2.48. The number of piperidine rings is 1. The maximum absolute atomic E-state index is 14.9. The quantitative estimate of drug-likeness (QED) is 0.655. The minimum Gasteiger partial charge on any atom is -0.461 e. The molecule has 0 spiro atoms. The predicted molar refractivity (Wildman–Crippen MR) is 110 cm³/mol. The zero-order valence-corrected chi connectivity index (χ0v) is 17.5. The Balaban J connectivity index is 1.43. The number of hydrogen-bond donors (Lipinski definition) is 0. The highest BCUT2D eigenvalue weighted by Gasteiger charge is 2.57. The van der Waals surface area contributed by atoms with Crippen molar-refractivity contribution in [3.05, 3.63) is 17.2 Å². The minimum atomic E-state index is -2.32. The molecule has 2 aromatic rings. The lowest BCUT2D eigenvalue weighted by Gasteiger charge is -2.31. The second-order valence-corrected chi connectivity index (χ2v) is 9.33. The smallest absolute Gasteiger partial charge is 0.319 e. The molecule has 5 atom stereocenters. The van der Waals surface area contributed by atoms with Crippen LogP contribution in [0.4, 0.5) is 19.0 Å². The van der Waals surface area contributed by atoms with Crippen molar-refractivity contribution >= 4 is 28.3 Å². The molecule has 10 heteroatoms. The molecule has 0 N–H and O–H groups in total. The van der Waals surface area contributed by atoms with Gasteiger partial charge >= 0.3 is 6.01 Å². The number of halogens is 4. The molecule has 1 aliphatic carbocycles. The van der Waals surface area contributed by atoms with E-state index < -0.39 is 30.3 Å². The molecule has 0 radical (unpaired) electrons. The number of rotatable bonds is 4. The number of hydrogen-bond acceptors (Lipinski definition) is 6. The maximum Gasteiger partial charge on any atom is 0.319 e. The third-order valence-corrected chi connectivity index (χ3v) is 7.40. The van der Waals surface area contributed by atoms with Crippen molar-refractivity contribution in [3.8, 4) is 6.01 Å². The van der Waals surface area contributed by atoms with Crippen LogP contribution in [0, 0.1) is 11.7 Å². The first kappa shape index (κ1) is 17.7. The lowest BCUT2D eigenvalue weighted by Crippen LogP contribution is -2.43. The Kier molecular flexibility index (Phi) is 4.03. The Labute approximate surface area is 185 Å². The average molecular weight is 456 g/mol. The Morgan fingerprint density at radius 3 is 3.03 bits per heavy atom. The molecular formula is C21H23ClF3N5O. The molecule has 0 bridgehead atoms. The van der Waals surface area contributed by atoms with Crippen molar-refractivity contribution in [1.29, 1.82) is 0 Å². The molecule has 3 aliphatic heterocycles. The SMILES string of the molecule is [2H]C([2H])(Oc1nc(N2CCC[C@H]3[C@@H](F)[C@H]32)c2cnc(Cl)c(F)c2n1)[C@@]12CCCN1C[C@H](F)C2. The van der Waals surface area contributed by atoms with Crippen LogP contribution >= 0.6 is 11.6 Å². The van der Waals surface area contributed by atoms with Crippen LogP contribution in [0.2, 0.25) is 5.15 Å². The molecule has 31 heavy (non-hydrogen) atoms. The highest BCUT2D eigenvalue weighted by atomic mass is 35.5. The van der Waals surface area contributed by atoms with Gasteiger partial charge in [0, 0.05) is 31.6 Å². The van der Waals surface area contributed by atoms with Gasteiger partial charge in [0.25, 0.3) is 0 Å². The van der Waals surface area contributed by atoms with E-state index >= 15 is 0 Å². The molecule has 6 rings (SSSR count). The van der Waals surface area contributed by atoms with Crippen LogP contribution in [0.5, 0.6) is 6.01 Å². The molecule has 3 saturated heterocycles. The van der Waals surface area contributed by atoms with Crippen molar-refractivity contribution < 1.29 is 20.6 Å². The van der Waals surface area contributed by atoms with Gasteiger partial charge in [-0.25, -0.2) is 18.2 Å². The van der Waals surface area contributed by atoms with Crippen LogP contribution in [0.3, 0.4) is 0 Å². The monoisotopic (exact) mass is 455 g/mol. The fraction of sp³-hybridized carbons (Fsp3) is 0.667. The van der Waals surface area contributed by atoms with E-state index in [0.29, 0.717) is 19.5 Å². The van der Waals surface area contributed by atoms with Crippen molar-refractivity contribution in [2.75, 3.05) is 31.1 Å². The lowest BCUT2D eigenvalue weighted by molar-refractivity contribution is 0.107. The molecule has 2 aromatic heterocycles. The second-order valence-electron chi connectivity index (χ2n) is 8.98. The summed E-state index contributed by atoms with van der Waals surface area (Å²) in [6.45, 7) is -1.07. The molecule has 4 aliphatic rings. The number of fused-ring (bicyclic) bond motifs is 3. The fourth-order valence-corrected chi connectivity index (χ4v) is 5.74. The van der Waals surface area contributed by atoms with Gasteiger partial charge in [0.15, 0.2) is 11.0 Å². The predicted octanol–water partition coefficient (Wildman–Crippen LogP) is 3.71. The van der Waals surface area contributed by atoms with Gasteiger partial charge in [0.2, 0.25) is 0 Å². The number of anilines is 1. The van der Waals surface area contributed by atoms with Crippen LogP contribution in [0.15, 0.2) is 6.20 Å². The van der Waals surface area contributed by atoms with Gasteiger partial charge in [0.05, 0.1) is 19.7 Å². The normalized spacial score (nSPS) is 36.2. The van der Waals surface area contributed by atoms with Gasteiger partial charge in [-0.3, -0.25) is 4.90 Å². The van der Waals surface area contributed by atoms with Gasteiger partial charge in [-0.2, -0.15) is 9.97 Å². The molecule has 5 heterocycles. The van der Waals surface area contributed by atoms with E-state index in [1.54, 1.807) is 9.80 Å². The summed E-state index contributed by atoms with van der Waals surface area (Å²) in [7, 11) is 0. The van der Waals surface area contributed by atoms with Gasteiger partial charge in [0.1, 0.15) is 30.2 Å². The summed E-state index contributed by atoms with van der Waals surface area (Å²) in [5.41, 5.74) is -1.31. The Morgan fingerprint density at radius 1 is 1.29 bits per heavy atom. The summed E-state index contributed by atoms with van der Waals surface area (Å²) in [5.74, 6) is -0.732. The molecule has 0 unspecified atom stereocenters. The first-order valence-corrected chi connectivity index (χ1v) is 11.1. The van der Waals surface area contributed by atoms with E-state index in [2.05, 4.69) is 15.0 Å². The zero-order valence-electron chi connectivity index (χ0n) is 18.7. The summed E-state index contributed by atoms with van der Waals surface area (Å²) in [5, 5.41) is -0.126. The Hall–Kier alpha value is -1.87. The number of ether oxygens (including phenoxy) is 1. The average Bonchev–Trinajstić information content (AvgIpc) is 3.09. The van der Waals surface area contributed by atoms with Gasteiger partial charge < -0.3 is 9.64 Å². The van der Waals surface area contributed by atoms with E-state index in [4.69, 9.17) is 19.1 Å². The lowest BCUT2D eigenvalue weighted by atomic mass is 9.95. The maximum atomic E-state index is 14.9. The van der Waals surface area contributed by atoms with Crippen molar-refractivity contribution in [3.63, 3.8) is 0 Å². The third-order valence-electron chi connectivity index (χ3n) is 7.14. The van der Waals surface area contributed by atoms with Crippen LogP contribution in [0.1, 0.15) is 34.8 Å². The van der Waals surface area contributed by atoms with Crippen molar-refractivity contribution in [2.45, 2.75) is 56.0 Å². The van der Waals surface area contributed by atoms with Gasteiger partial charge in [-0.15, -0.1) is 0 Å². The second kappa shape index (κ2) is 7.07. The zero-order chi connectivity index (χ0) is 23.1. The topological polar surface area (TPSA) is 54.4 Å². The molecule has 0 aromatic carbocycles. The van der Waals surface area contributed by atoms with Gasteiger partial charge in [-0.05, 0) is 32.2 Å². The number of alkyl halides is 2. The molecule has 166 valence electrons. The van der Waals surface area contributed by atoms with E-state index in [0.717, 1.165) is 19.3 Å². The van der Waals surface area contributed by atoms with E-state index in [1.807, 2.05) is 0 Å². The molecule has 6 nitrogen and oxygen atoms in total. The molecule has 4 fully saturated rings. The summed E-state index contributed by atoms with van der Waals surface area (Å²) >= 11 is 5.88. The van der Waals surface area contributed by atoms with Crippen LogP contribution in [-0.4, -0.2) is 70.0 Å². The Bertz CT molecular complexity index is 1130. The van der Waals surface area contributed by atoms with Gasteiger partial charge in [-0.1, -0.05) is 11.6 Å². The van der Waals surface area contributed by atoms with E-state index in [-0.39, 0.29) is 52.8 Å². The minimum absolute atomic E-state index is 0.00393. The number of pyridine rings is 1. The third kappa shape index (κ3) is 3.07. The molecule has 0 amide bonds. The van der Waals surface area contributed by atoms with Crippen LogP contribution in [0.25, 0.3) is 10.9 Å². The summed E-state index contributed by atoms with van der Waals surface area (Å²) in [4.78, 5) is 16.0. The van der Waals surface area contributed by atoms with Crippen LogP contribution in [-0.2, 0) is 0 Å². The number of aromatic nitrogens is 3. The summed E-state index contributed by atoms with van der Waals surface area (Å²) < 4.78 is 66.7. The van der Waals surface area contributed by atoms with E-state index in [1.165, 1.54) is 6.20 Å². The number of nitrogens with zero attached hydrogens (tertiary/aromatic N) is 5. The molecular weight excluding hydrogens is 431 g/mol. The highest BCUT2D eigenvalue weighted by molar-refractivity contribution is 6.30. The summed E-state index contributed by atoms with van der Waals surface area (Å²) in [6.07, 6.45) is 1.89. The standard InChI is InChI=1S/C21H23ClF3N5O/c22-18-15(25)16-13(8-26-18)19(30-6-1-3-12-14(24)17(12)30)28-20(27-16)31-10-21-4-2-5-29(21)9-11(23)7-21/h8,11-12,14,17H,1-7,9-10H2/t11-,12+,14-,17+,21+/m1/s1/i10D2. The van der Waals surface area contributed by atoms with Crippen molar-refractivity contribution in [1.82, 2.24) is 19.9 Å². The first-order valence-electron chi connectivity index (χ1n) is 11.7. The Morgan fingerprint density at radius 2 is 2.16 bits per heavy atom. The summed E-state index contributed by atoms with van der Waals surface area (Å²) in [6, 6.07) is -0.753. The van der Waals surface area contributed by atoms with E-state index in [9.17, 15) is 13.2 Å². The van der Waals surface area contributed by atoms with Crippen molar-refractivity contribution in [2.24, 2.45) is 5.92 Å². The first-order chi connectivity index (χ1) is 15.7.